The standard InChI is InChI=1S/C10H10BrClN2S2/c1-6-9(15-5-14-6)4-13-3-7-2-8(11)10(12)16-7/h2,5,13H,3-4H2,1H3. The molecular formula is C10H10BrClN2S2. The predicted octanol–water partition coefficient (Wildman–Crippen LogP) is 4.22. The fourth-order valence-corrected chi connectivity index (χ4v) is 3.78. The van der Waals surface area contributed by atoms with E-state index in [9.17, 15) is 0 Å². The summed E-state index contributed by atoms with van der Waals surface area (Å²) in [6, 6.07) is 2.06. The molecule has 0 radical (unpaired) electrons. The average molecular weight is 338 g/mol. The van der Waals surface area contributed by atoms with Crippen molar-refractivity contribution in [3.05, 3.63) is 35.8 Å². The molecule has 0 saturated carbocycles. The molecule has 0 unspecified atom stereocenters. The van der Waals surface area contributed by atoms with Gasteiger partial charge in [-0.1, -0.05) is 11.6 Å². The highest BCUT2D eigenvalue weighted by Gasteiger charge is 2.05. The van der Waals surface area contributed by atoms with E-state index < -0.39 is 0 Å². The van der Waals surface area contributed by atoms with E-state index in [0.29, 0.717) is 0 Å². The molecule has 6 heteroatoms. The van der Waals surface area contributed by atoms with E-state index in [2.05, 4.69) is 32.3 Å². The predicted molar refractivity (Wildman–Crippen MR) is 74.4 cm³/mol. The largest absolute Gasteiger partial charge is 0.307 e. The lowest BCUT2D eigenvalue weighted by Gasteiger charge is -2.00. The van der Waals surface area contributed by atoms with Crippen LogP contribution in [0.25, 0.3) is 0 Å². The number of thiophene rings is 1. The van der Waals surface area contributed by atoms with E-state index in [1.54, 1.807) is 22.7 Å². The zero-order valence-corrected chi connectivity index (χ0v) is 12.6. The second-order valence-corrected chi connectivity index (χ2v) is 6.83. The normalized spacial score (nSPS) is 10.9. The Morgan fingerprint density at radius 1 is 1.50 bits per heavy atom. The summed E-state index contributed by atoms with van der Waals surface area (Å²) in [5.41, 5.74) is 2.99. The second kappa shape index (κ2) is 5.60. The summed E-state index contributed by atoms with van der Waals surface area (Å²) in [6.45, 7) is 3.74. The molecule has 2 heterocycles. The van der Waals surface area contributed by atoms with E-state index >= 15 is 0 Å². The van der Waals surface area contributed by atoms with Crippen LogP contribution in [0.2, 0.25) is 4.34 Å². The molecule has 0 atom stereocenters. The third-order valence-corrected chi connectivity index (χ3v) is 5.54. The van der Waals surface area contributed by atoms with Gasteiger partial charge in [0, 0.05) is 27.3 Å². The first-order valence-electron chi connectivity index (χ1n) is 4.70. The Morgan fingerprint density at radius 2 is 2.31 bits per heavy atom. The van der Waals surface area contributed by atoms with Gasteiger partial charge in [-0.3, -0.25) is 0 Å². The Morgan fingerprint density at radius 3 is 2.88 bits per heavy atom. The number of thiazole rings is 1. The van der Waals surface area contributed by atoms with Gasteiger partial charge in [0.1, 0.15) is 4.34 Å². The topological polar surface area (TPSA) is 24.9 Å². The molecule has 16 heavy (non-hydrogen) atoms. The van der Waals surface area contributed by atoms with Crippen molar-refractivity contribution < 1.29 is 0 Å². The Hall–Kier alpha value is 0.0600. The summed E-state index contributed by atoms with van der Waals surface area (Å²) < 4.78 is 1.79. The van der Waals surface area contributed by atoms with Crippen LogP contribution >= 0.6 is 50.2 Å². The van der Waals surface area contributed by atoms with Crippen molar-refractivity contribution in [3.63, 3.8) is 0 Å². The van der Waals surface area contributed by atoms with Crippen LogP contribution in [0.4, 0.5) is 0 Å². The highest BCUT2D eigenvalue weighted by atomic mass is 79.9. The monoisotopic (exact) mass is 336 g/mol. The average Bonchev–Trinajstić information content (AvgIpc) is 2.76. The maximum absolute atomic E-state index is 5.97. The zero-order valence-electron chi connectivity index (χ0n) is 8.59. The third kappa shape index (κ3) is 3.05. The van der Waals surface area contributed by atoms with Gasteiger partial charge in [0.15, 0.2) is 0 Å². The molecule has 86 valence electrons. The summed E-state index contributed by atoms with van der Waals surface area (Å²) in [5, 5.41) is 3.39. The lowest BCUT2D eigenvalue weighted by atomic mass is 10.4. The van der Waals surface area contributed by atoms with Crippen LogP contribution in [0, 0.1) is 6.92 Å². The van der Waals surface area contributed by atoms with Gasteiger partial charge in [0.05, 0.1) is 11.2 Å². The summed E-state index contributed by atoms with van der Waals surface area (Å²) in [6.07, 6.45) is 0. The van der Waals surface area contributed by atoms with Crippen molar-refractivity contribution in [1.29, 1.82) is 0 Å². The van der Waals surface area contributed by atoms with Gasteiger partial charge < -0.3 is 5.32 Å². The minimum Gasteiger partial charge on any atom is -0.307 e. The lowest BCUT2D eigenvalue weighted by Crippen LogP contribution is -2.11. The molecule has 0 fully saturated rings. The van der Waals surface area contributed by atoms with Crippen LogP contribution in [0.5, 0.6) is 0 Å². The van der Waals surface area contributed by atoms with Gasteiger partial charge in [-0.05, 0) is 28.9 Å². The van der Waals surface area contributed by atoms with E-state index in [1.165, 1.54) is 9.75 Å². The molecule has 0 amide bonds. The van der Waals surface area contributed by atoms with E-state index in [4.69, 9.17) is 11.6 Å². The summed E-state index contributed by atoms with van der Waals surface area (Å²) in [7, 11) is 0. The van der Waals surface area contributed by atoms with Gasteiger partial charge in [-0.2, -0.15) is 0 Å². The van der Waals surface area contributed by atoms with E-state index in [0.717, 1.165) is 27.6 Å². The molecule has 0 bridgehead atoms. The fourth-order valence-electron chi connectivity index (χ4n) is 1.27. The van der Waals surface area contributed by atoms with Gasteiger partial charge in [-0.15, -0.1) is 22.7 Å². The Bertz CT molecular complexity index is 461. The molecule has 2 aromatic rings. The van der Waals surface area contributed by atoms with Crippen LogP contribution in [0.1, 0.15) is 15.4 Å². The first-order chi connectivity index (χ1) is 7.66. The van der Waals surface area contributed by atoms with Crippen molar-refractivity contribution in [2.45, 2.75) is 20.0 Å². The third-order valence-electron chi connectivity index (χ3n) is 2.13. The van der Waals surface area contributed by atoms with Crippen LogP contribution in [-0.2, 0) is 13.1 Å². The number of aryl methyl sites for hydroxylation is 1. The first kappa shape index (κ1) is 12.5. The minimum absolute atomic E-state index is 0.811. The fraction of sp³-hybridized carbons (Fsp3) is 0.300. The quantitative estimate of drug-likeness (QED) is 0.903. The summed E-state index contributed by atoms with van der Waals surface area (Å²) in [5.74, 6) is 0. The second-order valence-electron chi connectivity index (χ2n) is 3.30. The number of nitrogens with one attached hydrogen (secondary N) is 1. The Labute approximate surface area is 116 Å². The molecular weight excluding hydrogens is 328 g/mol. The minimum atomic E-state index is 0.811. The molecule has 2 aromatic heterocycles. The van der Waals surface area contributed by atoms with Crippen LogP contribution in [0.15, 0.2) is 16.0 Å². The molecule has 2 rings (SSSR count). The van der Waals surface area contributed by atoms with Crippen molar-refractivity contribution in [1.82, 2.24) is 10.3 Å². The van der Waals surface area contributed by atoms with Crippen LogP contribution < -0.4 is 5.32 Å². The molecule has 0 spiro atoms. The Balaban J connectivity index is 1.87. The van der Waals surface area contributed by atoms with Crippen molar-refractivity contribution in [2.24, 2.45) is 0 Å². The molecule has 0 aliphatic carbocycles. The Kier molecular flexibility index (Phi) is 4.38. The molecule has 0 saturated heterocycles. The number of rotatable bonds is 4. The number of nitrogens with zero attached hydrogens (tertiary/aromatic N) is 1. The van der Waals surface area contributed by atoms with Gasteiger partial charge in [-0.25, -0.2) is 4.98 Å². The van der Waals surface area contributed by atoms with Crippen molar-refractivity contribution in [2.75, 3.05) is 0 Å². The van der Waals surface area contributed by atoms with Crippen LogP contribution in [0.3, 0.4) is 0 Å². The summed E-state index contributed by atoms with van der Waals surface area (Å²) in [4.78, 5) is 6.74. The zero-order chi connectivity index (χ0) is 11.5. The lowest BCUT2D eigenvalue weighted by molar-refractivity contribution is 0.704. The number of hydrogen-bond donors (Lipinski definition) is 1. The maximum Gasteiger partial charge on any atom is 0.107 e. The first-order valence-corrected chi connectivity index (χ1v) is 7.57. The van der Waals surface area contributed by atoms with Crippen LogP contribution in [-0.4, -0.2) is 4.98 Å². The van der Waals surface area contributed by atoms with Gasteiger partial charge >= 0.3 is 0 Å². The van der Waals surface area contributed by atoms with Gasteiger partial charge in [0.25, 0.3) is 0 Å². The molecule has 0 aromatic carbocycles. The highest BCUT2D eigenvalue weighted by Crippen LogP contribution is 2.31. The summed E-state index contributed by atoms with van der Waals surface area (Å²) >= 11 is 12.7. The molecule has 2 nitrogen and oxygen atoms in total. The molecule has 0 aliphatic rings. The van der Waals surface area contributed by atoms with E-state index in [1.807, 2.05) is 12.4 Å². The van der Waals surface area contributed by atoms with E-state index in [-0.39, 0.29) is 0 Å². The maximum atomic E-state index is 5.97. The molecule has 0 aliphatic heterocycles. The number of hydrogen-bond acceptors (Lipinski definition) is 4. The SMILES string of the molecule is Cc1ncsc1CNCc1cc(Br)c(Cl)s1. The van der Waals surface area contributed by atoms with Crippen molar-refractivity contribution in [3.8, 4) is 0 Å². The van der Waals surface area contributed by atoms with Gasteiger partial charge in [0.2, 0.25) is 0 Å². The smallest absolute Gasteiger partial charge is 0.107 e. The number of aromatic nitrogens is 1. The molecule has 1 N–H and O–H groups in total. The number of halogens is 2. The highest BCUT2D eigenvalue weighted by molar-refractivity contribution is 9.10. The van der Waals surface area contributed by atoms with Crippen molar-refractivity contribution >= 4 is 50.2 Å².